The number of nitrogens with one attached hydrogen (secondary N) is 2. The molecule has 1 atom stereocenters. The van der Waals surface area contributed by atoms with Gasteiger partial charge in [0.2, 0.25) is 6.29 Å². The Hall–Kier alpha value is -3.61. The zero-order chi connectivity index (χ0) is 33.6. The van der Waals surface area contributed by atoms with Crippen molar-refractivity contribution in [2.45, 2.75) is 77.1 Å². The summed E-state index contributed by atoms with van der Waals surface area (Å²) in [6, 6.07) is 5.34. The van der Waals surface area contributed by atoms with Crippen LogP contribution in [0.15, 0.2) is 18.3 Å². The highest BCUT2D eigenvalue weighted by molar-refractivity contribution is 6.74. The fourth-order valence-electron chi connectivity index (χ4n) is 5.34. The molecule has 0 unspecified atom stereocenters. The highest BCUT2D eigenvalue weighted by Crippen LogP contribution is 2.39. The number of carbonyl (C=O) groups excluding carboxylic acids is 2. The number of aromatic nitrogens is 2. The molecule has 3 amide bonds. The lowest BCUT2D eigenvalue weighted by Crippen LogP contribution is -2.46. The number of likely N-dealkylation sites (tertiary alicyclic amines) is 1. The number of rotatable bonds is 12. The monoisotopic (exact) mass is 653 g/mol. The van der Waals surface area contributed by atoms with Crippen LogP contribution >= 0.6 is 0 Å². The van der Waals surface area contributed by atoms with E-state index in [0.29, 0.717) is 67.8 Å². The van der Waals surface area contributed by atoms with Gasteiger partial charge < -0.3 is 28.9 Å². The van der Waals surface area contributed by atoms with Crippen molar-refractivity contribution in [3.8, 4) is 6.07 Å². The van der Waals surface area contributed by atoms with E-state index in [2.05, 4.69) is 55.6 Å². The first-order valence-corrected chi connectivity index (χ1v) is 18.5. The van der Waals surface area contributed by atoms with Crippen LogP contribution in [0.4, 0.5) is 22.1 Å². The number of fused-ring (bicyclic) bond motifs is 1. The van der Waals surface area contributed by atoms with Crippen molar-refractivity contribution in [2.75, 3.05) is 63.1 Å². The molecule has 1 fully saturated rings. The second kappa shape index (κ2) is 14.9. The van der Waals surface area contributed by atoms with E-state index in [0.717, 1.165) is 24.0 Å². The minimum atomic E-state index is -2.13. The van der Waals surface area contributed by atoms with Gasteiger partial charge in [-0.25, -0.2) is 14.8 Å². The lowest BCUT2D eigenvalue weighted by Gasteiger charge is -2.37. The SMILES string of the molecule is COCCNc1cc(NC(=O)N2CCCc3cc(CN4CC[C@@H](O[Si](C)(C)C(C)(C)C)C4=O)c(C(OC)OC)nc32)ncc1C#N. The lowest BCUT2D eigenvalue weighted by atomic mass is 10.0. The molecule has 0 aromatic carbocycles. The first-order valence-electron chi connectivity index (χ1n) is 15.6. The Morgan fingerprint density at radius 3 is 2.59 bits per heavy atom. The predicted molar refractivity (Wildman–Crippen MR) is 177 cm³/mol. The second-order valence-electron chi connectivity index (χ2n) is 13.1. The molecule has 4 heterocycles. The Balaban J connectivity index is 1.58. The summed E-state index contributed by atoms with van der Waals surface area (Å²) in [6.07, 6.45) is 2.25. The van der Waals surface area contributed by atoms with E-state index in [4.69, 9.17) is 23.6 Å². The van der Waals surface area contributed by atoms with Gasteiger partial charge in [-0.15, -0.1) is 0 Å². The molecule has 0 aliphatic carbocycles. The molecule has 2 aromatic heterocycles. The van der Waals surface area contributed by atoms with Crippen molar-refractivity contribution in [3.63, 3.8) is 0 Å². The van der Waals surface area contributed by atoms with Crippen LogP contribution in [0.1, 0.15) is 62.3 Å². The van der Waals surface area contributed by atoms with E-state index in [9.17, 15) is 14.9 Å². The fraction of sp³-hybridized carbons (Fsp3) is 0.594. The molecule has 2 aliphatic heterocycles. The number of urea groups is 1. The van der Waals surface area contributed by atoms with Crippen LogP contribution in [0.25, 0.3) is 0 Å². The van der Waals surface area contributed by atoms with Crippen molar-refractivity contribution in [1.82, 2.24) is 14.9 Å². The highest BCUT2D eigenvalue weighted by Gasteiger charge is 2.43. The molecule has 4 rings (SSSR count). The van der Waals surface area contributed by atoms with Crippen LogP contribution in [0.3, 0.4) is 0 Å². The van der Waals surface area contributed by atoms with Crippen molar-refractivity contribution in [1.29, 1.82) is 5.26 Å². The third kappa shape index (κ3) is 7.84. The third-order valence-corrected chi connectivity index (χ3v) is 13.4. The van der Waals surface area contributed by atoms with Gasteiger partial charge in [-0.1, -0.05) is 20.8 Å². The van der Waals surface area contributed by atoms with E-state index in [1.165, 1.54) is 20.4 Å². The zero-order valence-corrected chi connectivity index (χ0v) is 29.2. The summed E-state index contributed by atoms with van der Waals surface area (Å²) in [6.45, 7) is 13.1. The minimum Gasteiger partial charge on any atom is -0.405 e. The van der Waals surface area contributed by atoms with Gasteiger partial charge in [0.15, 0.2) is 8.32 Å². The Bertz CT molecular complexity index is 1450. The van der Waals surface area contributed by atoms with Crippen molar-refractivity contribution in [2.24, 2.45) is 0 Å². The first-order chi connectivity index (χ1) is 21.8. The van der Waals surface area contributed by atoms with Crippen molar-refractivity contribution < 1.29 is 28.2 Å². The molecule has 0 spiro atoms. The molecule has 2 aliphatic rings. The standard InChI is InChI=1S/C32H47N7O6Si/c1-32(2,3)46(7,8)45-25-11-14-38(29(25)40)20-22-16-21-10-9-13-39(28(21)37-27(22)30(43-5)44-6)31(41)36-26-17-24(34-12-15-42-4)23(18-33)19-35-26/h16-17,19,25,30H,9-15,20H2,1-8H3,(H2,34,35,36,41)/t25-/m1/s1. The lowest BCUT2D eigenvalue weighted by molar-refractivity contribution is -0.134. The number of nitrogens with zero attached hydrogens (tertiary/aromatic N) is 5. The number of hydrogen-bond donors (Lipinski definition) is 2. The number of pyridine rings is 2. The molecule has 0 bridgehead atoms. The molecular weight excluding hydrogens is 606 g/mol. The smallest absolute Gasteiger partial charge is 0.328 e. The predicted octanol–water partition coefficient (Wildman–Crippen LogP) is 4.81. The zero-order valence-electron chi connectivity index (χ0n) is 28.2. The van der Waals surface area contributed by atoms with Crippen LogP contribution in [-0.4, -0.2) is 88.8 Å². The molecule has 2 N–H and O–H groups in total. The van der Waals surface area contributed by atoms with Crippen molar-refractivity contribution >= 4 is 37.6 Å². The van der Waals surface area contributed by atoms with Gasteiger partial charge in [-0.05, 0) is 54.6 Å². The third-order valence-electron chi connectivity index (χ3n) is 8.90. The van der Waals surface area contributed by atoms with Gasteiger partial charge in [0, 0.05) is 59.8 Å². The van der Waals surface area contributed by atoms with E-state index in [-0.39, 0.29) is 10.9 Å². The quantitative estimate of drug-likeness (QED) is 0.186. The molecular formula is C32H47N7O6Si. The largest absolute Gasteiger partial charge is 0.405 e. The summed E-state index contributed by atoms with van der Waals surface area (Å²) in [5, 5.41) is 15.5. The second-order valence-corrected chi connectivity index (χ2v) is 17.8. The Kier molecular flexibility index (Phi) is 11.4. The van der Waals surface area contributed by atoms with E-state index >= 15 is 0 Å². The summed E-state index contributed by atoms with van der Waals surface area (Å²) in [7, 11) is 2.53. The highest BCUT2D eigenvalue weighted by atomic mass is 28.4. The number of hydrogen-bond acceptors (Lipinski definition) is 10. The average molecular weight is 654 g/mol. The van der Waals surface area contributed by atoms with E-state index in [1.54, 1.807) is 18.1 Å². The van der Waals surface area contributed by atoms with Crippen LogP contribution in [0.5, 0.6) is 0 Å². The Morgan fingerprint density at radius 2 is 1.93 bits per heavy atom. The van der Waals surface area contributed by atoms with Gasteiger partial charge in [0.05, 0.1) is 17.9 Å². The van der Waals surface area contributed by atoms with Crippen LogP contribution in [0, 0.1) is 11.3 Å². The molecule has 1 saturated heterocycles. The normalized spacial score (nSPS) is 16.9. The number of amides is 3. The average Bonchev–Trinajstić information content (AvgIpc) is 3.34. The van der Waals surface area contributed by atoms with Crippen LogP contribution < -0.4 is 15.5 Å². The Labute approximate surface area is 272 Å². The number of ether oxygens (including phenoxy) is 3. The minimum absolute atomic E-state index is 0.00199. The van der Waals surface area contributed by atoms with Gasteiger partial charge in [0.1, 0.15) is 29.5 Å². The molecule has 250 valence electrons. The number of anilines is 3. The number of methoxy groups -OCH3 is 3. The molecule has 13 nitrogen and oxygen atoms in total. The fourth-order valence-corrected chi connectivity index (χ4v) is 6.63. The summed E-state index contributed by atoms with van der Waals surface area (Å²) >= 11 is 0. The summed E-state index contributed by atoms with van der Waals surface area (Å²) in [4.78, 5) is 39.7. The molecule has 2 aromatic rings. The summed E-state index contributed by atoms with van der Waals surface area (Å²) < 4.78 is 22.8. The summed E-state index contributed by atoms with van der Waals surface area (Å²) in [5.74, 6) is 0.772. The molecule has 46 heavy (non-hydrogen) atoms. The maximum atomic E-state index is 13.6. The maximum Gasteiger partial charge on any atom is 0.328 e. The summed E-state index contributed by atoms with van der Waals surface area (Å²) in [5.41, 5.74) is 3.10. The van der Waals surface area contributed by atoms with E-state index in [1.807, 2.05) is 11.0 Å². The first kappa shape index (κ1) is 35.2. The van der Waals surface area contributed by atoms with Gasteiger partial charge in [0.25, 0.3) is 5.91 Å². The topological polar surface area (TPSA) is 151 Å². The Morgan fingerprint density at radius 1 is 1.20 bits per heavy atom. The maximum absolute atomic E-state index is 13.6. The molecule has 0 saturated carbocycles. The molecule has 0 radical (unpaired) electrons. The van der Waals surface area contributed by atoms with E-state index < -0.39 is 26.7 Å². The van der Waals surface area contributed by atoms with Crippen LogP contribution in [-0.2, 0) is 36.4 Å². The van der Waals surface area contributed by atoms with Gasteiger partial charge >= 0.3 is 6.03 Å². The molecule has 14 heteroatoms. The van der Waals surface area contributed by atoms with Crippen molar-refractivity contribution in [3.05, 3.63) is 40.7 Å². The number of nitriles is 1. The number of aryl methyl sites for hydroxylation is 1. The van der Waals surface area contributed by atoms with Gasteiger partial charge in [-0.3, -0.25) is 15.0 Å². The van der Waals surface area contributed by atoms with Gasteiger partial charge in [-0.2, -0.15) is 5.26 Å². The number of carbonyl (C=O) groups is 2. The van der Waals surface area contributed by atoms with Crippen LogP contribution in [0.2, 0.25) is 18.1 Å².